The Morgan fingerprint density at radius 2 is 1.75 bits per heavy atom. The maximum atomic E-state index is 6.61. The molecule has 0 saturated carbocycles. The summed E-state index contributed by atoms with van der Waals surface area (Å²) < 4.78 is 19.1. The summed E-state index contributed by atoms with van der Waals surface area (Å²) in [7, 11) is -0.296. The van der Waals surface area contributed by atoms with Crippen molar-refractivity contribution in [1.29, 1.82) is 0 Å². The molecule has 4 heterocycles. The van der Waals surface area contributed by atoms with Crippen molar-refractivity contribution in [3.05, 3.63) is 23.8 Å². The van der Waals surface area contributed by atoms with Crippen molar-refractivity contribution in [3.63, 3.8) is 0 Å². The lowest BCUT2D eigenvalue weighted by molar-refractivity contribution is 0.00578. The van der Waals surface area contributed by atoms with Crippen molar-refractivity contribution >= 4 is 12.6 Å². The molecule has 1 spiro atoms. The van der Waals surface area contributed by atoms with E-state index < -0.39 is 0 Å². The van der Waals surface area contributed by atoms with Crippen LogP contribution < -0.4 is 10.2 Å². The van der Waals surface area contributed by atoms with Crippen LogP contribution >= 0.6 is 0 Å². The van der Waals surface area contributed by atoms with E-state index in [9.17, 15) is 0 Å². The molecule has 0 N–H and O–H groups in total. The molecule has 0 amide bonds. The fraction of sp³-hybridized carbons (Fsp3) is 0.739. The highest BCUT2D eigenvalue weighted by Crippen LogP contribution is 2.43. The maximum absolute atomic E-state index is 6.61. The smallest absolute Gasteiger partial charge is 0.487 e. The molecule has 0 aliphatic carbocycles. The number of fused-ring (bicyclic) bond motifs is 2. The number of benzene rings is 1. The zero-order valence-electron chi connectivity index (χ0n) is 17.9. The fourth-order valence-electron chi connectivity index (χ4n) is 5.44. The molecule has 5 heteroatoms. The van der Waals surface area contributed by atoms with Gasteiger partial charge in [-0.1, -0.05) is 18.6 Å². The average Bonchev–Trinajstić information content (AvgIpc) is 3.04. The standard InChI is InChI=1S/C23H34BNO3/c1-21(2)22(3,4)28-24(27-21)18-8-9-20-17(15-18)16-23(26-20)11-10-19-7-5-6-13-25(19)14-12-23/h8-9,15,19H,5-7,10-14,16H2,1-4H3. The molecule has 1 aromatic carbocycles. The van der Waals surface area contributed by atoms with Gasteiger partial charge in [0.25, 0.3) is 0 Å². The molecular formula is C23H34BNO3. The number of hydrogen-bond donors (Lipinski definition) is 0. The molecule has 1 aromatic rings. The van der Waals surface area contributed by atoms with Crippen LogP contribution in [-0.2, 0) is 15.7 Å². The van der Waals surface area contributed by atoms with E-state index in [0.717, 1.165) is 30.1 Å². The molecule has 4 aliphatic heterocycles. The number of nitrogens with zero attached hydrogens (tertiary/aromatic N) is 1. The van der Waals surface area contributed by atoms with Crippen molar-refractivity contribution in [2.75, 3.05) is 13.1 Å². The Labute approximate surface area is 170 Å². The van der Waals surface area contributed by atoms with Crippen LogP contribution in [0.25, 0.3) is 0 Å². The quantitative estimate of drug-likeness (QED) is 0.692. The van der Waals surface area contributed by atoms with Gasteiger partial charge in [-0.2, -0.15) is 0 Å². The summed E-state index contributed by atoms with van der Waals surface area (Å²) >= 11 is 0. The van der Waals surface area contributed by atoms with Crippen molar-refractivity contribution in [2.24, 2.45) is 0 Å². The molecule has 2 unspecified atom stereocenters. The third kappa shape index (κ3) is 3.10. The Kier molecular flexibility index (Phi) is 4.39. The third-order valence-electron chi connectivity index (χ3n) is 7.99. The molecule has 4 nitrogen and oxygen atoms in total. The minimum atomic E-state index is -0.305. The summed E-state index contributed by atoms with van der Waals surface area (Å²) in [6.07, 6.45) is 8.75. The van der Waals surface area contributed by atoms with E-state index in [1.165, 1.54) is 50.8 Å². The summed E-state index contributed by atoms with van der Waals surface area (Å²) in [4.78, 5) is 2.72. The van der Waals surface area contributed by atoms with Gasteiger partial charge in [-0.25, -0.2) is 0 Å². The highest BCUT2D eigenvalue weighted by Gasteiger charge is 2.52. The number of ether oxygens (including phenoxy) is 1. The van der Waals surface area contributed by atoms with E-state index in [1.807, 2.05) is 0 Å². The van der Waals surface area contributed by atoms with E-state index in [2.05, 4.69) is 50.8 Å². The highest BCUT2D eigenvalue weighted by molar-refractivity contribution is 6.62. The van der Waals surface area contributed by atoms with Crippen molar-refractivity contribution < 1.29 is 14.0 Å². The Morgan fingerprint density at radius 1 is 0.964 bits per heavy atom. The van der Waals surface area contributed by atoms with Gasteiger partial charge in [0.15, 0.2) is 0 Å². The molecule has 28 heavy (non-hydrogen) atoms. The summed E-state index contributed by atoms with van der Waals surface area (Å²) in [5.41, 5.74) is 1.82. The summed E-state index contributed by atoms with van der Waals surface area (Å²) in [6.45, 7) is 10.9. The number of piperidine rings is 1. The first kappa shape index (κ1) is 19.0. The number of hydrogen-bond acceptors (Lipinski definition) is 4. The van der Waals surface area contributed by atoms with Crippen LogP contribution in [0.4, 0.5) is 0 Å². The van der Waals surface area contributed by atoms with E-state index in [-0.39, 0.29) is 23.9 Å². The summed E-state index contributed by atoms with van der Waals surface area (Å²) in [5, 5.41) is 0. The molecule has 0 aromatic heterocycles. The first-order valence-electron chi connectivity index (χ1n) is 11.2. The van der Waals surface area contributed by atoms with Gasteiger partial charge in [-0.15, -0.1) is 0 Å². The van der Waals surface area contributed by atoms with E-state index in [1.54, 1.807) is 0 Å². The lowest BCUT2D eigenvalue weighted by Gasteiger charge is -2.33. The minimum Gasteiger partial charge on any atom is -0.487 e. The SMILES string of the molecule is CC1(C)OB(c2ccc3c(c2)CC2(CCC4CCCCN4CC2)O3)OC1(C)C. The van der Waals surface area contributed by atoms with Gasteiger partial charge in [-0.05, 0) is 77.0 Å². The van der Waals surface area contributed by atoms with Crippen LogP contribution in [0, 0.1) is 0 Å². The normalized spacial score (nSPS) is 34.0. The van der Waals surface area contributed by atoms with E-state index in [0.29, 0.717) is 0 Å². The van der Waals surface area contributed by atoms with Gasteiger partial charge < -0.3 is 18.9 Å². The van der Waals surface area contributed by atoms with Gasteiger partial charge in [0, 0.05) is 25.4 Å². The maximum Gasteiger partial charge on any atom is 0.494 e. The van der Waals surface area contributed by atoms with Gasteiger partial charge in [-0.3, -0.25) is 0 Å². The Hall–Kier alpha value is -1.04. The highest BCUT2D eigenvalue weighted by atomic mass is 16.7. The Balaban J connectivity index is 1.34. The molecule has 4 aliphatic rings. The Bertz CT molecular complexity index is 730. The molecule has 152 valence electrons. The predicted octanol–water partition coefficient (Wildman–Crippen LogP) is 3.70. The molecule has 3 fully saturated rings. The van der Waals surface area contributed by atoms with Gasteiger partial charge in [0.2, 0.25) is 0 Å². The van der Waals surface area contributed by atoms with Gasteiger partial charge in [0.05, 0.1) is 11.2 Å². The lowest BCUT2D eigenvalue weighted by atomic mass is 9.77. The van der Waals surface area contributed by atoms with Crippen LogP contribution in [0.2, 0.25) is 0 Å². The van der Waals surface area contributed by atoms with Crippen LogP contribution in [0.3, 0.4) is 0 Å². The molecule has 0 radical (unpaired) electrons. The average molecular weight is 383 g/mol. The first-order valence-corrected chi connectivity index (χ1v) is 11.2. The first-order chi connectivity index (χ1) is 13.3. The zero-order valence-corrected chi connectivity index (χ0v) is 17.9. The van der Waals surface area contributed by atoms with Gasteiger partial charge >= 0.3 is 7.12 Å². The second kappa shape index (κ2) is 6.48. The van der Waals surface area contributed by atoms with Crippen molar-refractivity contribution in [2.45, 2.75) is 95.5 Å². The van der Waals surface area contributed by atoms with Crippen molar-refractivity contribution in [1.82, 2.24) is 4.90 Å². The molecular weight excluding hydrogens is 349 g/mol. The summed E-state index contributed by atoms with van der Waals surface area (Å²) in [6, 6.07) is 7.31. The molecule has 0 bridgehead atoms. The van der Waals surface area contributed by atoms with E-state index in [4.69, 9.17) is 14.0 Å². The fourth-order valence-corrected chi connectivity index (χ4v) is 5.44. The summed E-state index contributed by atoms with van der Waals surface area (Å²) in [5.74, 6) is 1.07. The number of rotatable bonds is 1. The van der Waals surface area contributed by atoms with Crippen LogP contribution in [0.1, 0.15) is 71.8 Å². The zero-order chi connectivity index (χ0) is 19.6. The van der Waals surface area contributed by atoms with Gasteiger partial charge in [0.1, 0.15) is 11.4 Å². The van der Waals surface area contributed by atoms with Crippen LogP contribution in [-0.4, -0.2) is 48.0 Å². The minimum absolute atomic E-state index is 0.00573. The van der Waals surface area contributed by atoms with Crippen LogP contribution in [0.15, 0.2) is 18.2 Å². The lowest BCUT2D eigenvalue weighted by Crippen LogP contribution is -2.41. The molecule has 2 atom stereocenters. The monoisotopic (exact) mass is 383 g/mol. The molecule has 5 rings (SSSR count). The van der Waals surface area contributed by atoms with E-state index >= 15 is 0 Å². The van der Waals surface area contributed by atoms with Crippen molar-refractivity contribution in [3.8, 4) is 5.75 Å². The Morgan fingerprint density at radius 3 is 2.54 bits per heavy atom. The molecule has 3 saturated heterocycles. The van der Waals surface area contributed by atoms with Crippen LogP contribution in [0.5, 0.6) is 5.75 Å². The topological polar surface area (TPSA) is 30.9 Å². The predicted molar refractivity (Wildman–Crippen MR) is 112 cm³/mol. The second-order valence-corrected chi connectivity index (χ2v) is 10.4. The third-order valence-corrected chi connectivity index (χ3v) is 7.99. The second-order valence-electron chi connectivity index (χ2n) is 10.4. The largest absolute Gasteiger partial charge is 0.494 e.